The molecular formula is C28H50NO6P. The summed E-state index contributed by atoms with van der Waals surface area (Å²) in [5.74, 6) is -0.413. The van der Waals surface area contributed by atoms with E-state index in [9.17, 15) is 14.3 Å². The van der Waals surface area contributed by atoms with Gasteiger partial charge in [-0.05, 0) is 19.4 Å². The summed E-state index contributed by atoms with van der Waals surface area (Å²) >= 11 is 0. The highest BCUT2D eigenvalue weighted by atomic mass is 31.2. The molecule has 0 aliphatic carbocycles. The number of aromatic nitrogens is 1. The summed E-state index contributed by atoms with van der Waals surface area (Å²) in [7, 11) is -4.32. The quantitative estimate of drug-likeness (QED) is 0.0628. The number of unbranched alkanes of at least 4 members (excludes halogenated alkanes) is 15. The number of ether oxygens (including phenoxy) is 1. The highest BCUT2D eigenvalue weighted by Gasteiger charge is 2.14. The lowest BCUT2D eigenvalue weighted by atomic mass is 10.0. The number of hydrogen-bond donors (Lipinski definition) is 0. The Hall–Kier alpha value is -1.27. The van der Waals surface area contributed by atoms with Crippen LogP contribution in [0.25, 0.3) is 0 Å². The second-order valence-electron chi connectivity index (χ2n) is 9.47. The maximum Gasteiger partial charge on any atom is 0.344 e. The van der Waals surface area contributed by atoms with E-state index >= 15 is 0 Å². The van der Waals surface area contributed by atoms with Gasteiger partial charge in [-0.15, -0.1) is 0 Å². The third kappa shape index (κ3) is 18.0. The third-order valence-corrected chi connectivity index (χ3v) is 7.21. The van der Waals surface area contributed by atoms with Crippen LogP contribution in [0, 0.1) is 0 Å². The molecule has 1 atom stereocenters. The normalized spacial score (nSPS) is 13.0. The molecule has 7 nitrogen and oxygen atoms in total. The number of phosphoric acid groups is 1. The largest absolute Gasteiger partial charge is 0.756 e. The molecule has 0 bridgehead atoms. The number of pyridine rings is 1. The first-order chi connectivity index (χ1) is 17.5. The summed E-state index contributed by atoms with van der Waals surface area (Å²) in [6.45, 7) is 4.68. The molecule has 0 aliphatic rings. The van der Waals surface area contributed by atoms with Gasteiger partial charge in [-0.3, -0.25) is 4.57 Å². The molecule has 0 fully saturated rings. The van der Waals surface area contributed by atoms with Crippen molar-refractivity contribution < 1.29 is 32.6 Å². The van der Waals surface area contributed by atoms with Gasteiger partial charge in [0.15, 0.2) is 18.9 Å². The van der Waals surface area contributed by atoms with E-state index < -0.39 is 13.8 Å². The smallest absolute Gasteiger partial charge is 0.344 e. The molecule has 1 aromatic heterocycles. The van der Waals surface area contributed by atoms with Crippen LogP contribution in [0.5, 0.6) is 0 Å². The molecule has 1 unspecified atom stereocenters. The highest BCUT2D eigenvalue weighted by molar-refractivity contribution is 7.45. The van der Waals surface area contributed by atoms with Crippen molar-refractivity contribution in [3.8, 4) is 0 Å². The number of nitrogens with zero attached hydrogens (tertiary/aromatic N) is 1. The van der Waals surface area contributed by atoms with Gasteiger partial charge in [-0.25, -0.2) is 9.36 Å². The van der Waals surface area contributed by atoms with Gasteiger partial charge >= 0.3 is 5.97 Å². The zero-order chi connectivity index (χ0) is 26.3. The van der Waals surface area contributed by atoms with E-state index in [2.05, 4.69) is 6.92 Å². The molecule has 36 heavy (non-hydrogen) atoms. The minimum absolute atomic E-state index is 0.0588. The Morgan fingerprint density at radius 1 is 0.806 bits per heavy atom. The van der Waals surface area contributed by atoms with E-state index in [4.69, 9.17) is 13.8 Å². The molecule has 0 saturated carbocycles. The molecular weight excluding hydrogens is 477 g/mol. The van der Waals surface area contributed by atoms with Crippen LogP contribution in [0.1, 0.15) is 127 Å². The van der Waals surface area contributed by atoms with Gasteiger partial charge in [0.05, 0.1) is 13.2 Å². The molecule has 1 heterocycles. The van der Waals surface area contributed by atoms with Crippen LogP contribution in [0.4, 0.5) is 0 Å². The van der Waals surface area contributed by atoms with Crippen LogP contribution in [-0.4, -0.2) is 25.8 Å². The number of rotatable bonds is 24. The summed E-state index contributed by atoms with van der Waals surface area (Å²) in [5, 5.41) is 0. The fraction of sp³-hybridized carbons (Fsp3) is 0.786. The average molecular weight is 528 g/mol. The second-order valence-corrected chi connectivity index (χ2v) is 10.9. The topological polar surface area (TPSA) is 88.8 Å². The lowest BCUT2D eigenvalue weighted by Gasteiger charge is -2.21. The maximum atomic E-state index is 11.9. The summed E-state index contributed by atoms with van der Waals surface area (Å²) in [6, 6.07) is 3.35. The molecule has 1 aromatic rings. The molecule has 8 heteroatoms. The number of carbonyl (C=O) groups is 1. The molecule has 0 radical (unpaired) electrons. The van der Waals surface area contributed by atoms with E-state index in [1.807, 2.05) is 0 Å². The SMILES string of the molecule is CCCCCCCCCCCCCCCCCCOP(=O)([O-])OCC[n+]1cccc(C(=O)OCC)c1. The molecule has 0 aliphatic heterocycles. The Morgan fingerprint density at radius 2 is 1.31 bits per heavy atom. The lowest BCUT2D eigenvalue weighted by molar-refractivity contribution is -0.697. The molecule has 208 valence electrons. The van der Waals surface area contributed by atoms with Gasteiger partial charge in [0, 0.05) is 6.07 Å². The second kappa shape index (κ2) is 21.8. The van der Waals surface area contributed by atoms with Crippen LogP contribution in [0.3, 0.4) is 0 Å². The molecule has 0 saturated heterocycles. The summed E-state index contributed by atoms with van der Waals surface area (Å²) in [5.41, 5.74) is 0.407. The monoisotopic (exact) mass is 527 g/mol. The fourth-order valence-corrected chi connectivity index (χ4v) is 4.85. The predicted molar refractivity (Wildman–Crippen MR) is 142 cm³/mol. The van der Waals surface area contributed by atoms with Crippen molar-refractivity contribution in [3.63, 3.8) is 0 Å². The van der Waals surface area contributed by atoms with E-state index in [1.165, 1.54) is 83.5 Å². The standard InChI is InChI=1S/C28H50NO6P/c1-3-5-6-7-8-9-10-11-12-13-14-15-16-17-18-19-24-34-36(31,32)35-25-23-29-22-20-21-27(26-29)28(30)33-4-2/h20-22,26H,3-19,23-25H2,1-2H3. The van der Waals surface area contributed by atoms with Crippen LogP contribution >= 0.6 is 7.82 Å². The van der Waals surface area contributed by atoms with Gasteiger partial charge in [-0.2, -0.15) is 0 Å². The fourth-order valence-electron chi connectivity index (χ4n) is 4.12. The Labute approximate surface area is 219 Å². The highest BCUT2D eigenvalue weighted by Crippen LogP contribution is 2.38. The van der Waals surface area contributed by atoms with Crippen LogP contribution in [0.2, 0.25) is 0 Å². The first kappa shape index (κ1) is 32.8. The van der Waals surface area contributed by atoms with Gasteiger partial charge in [0.2, 0.25) is 0 Å². The molecule has 0 spiro atoms. The molecule has 1 rings (SSSR count). The lowest BCUT2D eigenvalue weighted by Crippen LogP contribution is -2.36. The molecule has 0 aromatic carbocycles. The van der Waals surface area contributed by atoms with Gasteiger partial charge in [0.25, 0.3) is 7.82 Å². The number of carbonyl (C=O) groups excluding carboxylic acids is 1. The van der Waals surface area contributed by atoms with E-state index in [-0.39, 0.29) is 19.8 Å². The zero-order valence-corrected chi connectivity index (χ0v) is 23.7. The van der Waals surface area contributed by atoms with Gasteiger partial charge < -0.3 is 18.7 Å². The number of phosphoric ester groups is 1. The van der Waals surface area contributed by atoms with Crippen molar-refractivity contribution in [2.24, 2.45) is 0 Å². The summed E-state index contributed by atoms with van der Waals surface area (Å²) in [6.07, 6.45) is 23.7. The summed E-state index contributed by atoms with van der Waals surface area (Å²) in [4.78, 5) is 23.7. The van der Waals surface area contributed by atoms with Crippen LogP contribution < -0.4 is 9.46 Å². The number of esters is 1. The minimum atomic E-state index is -4.32. The van der Waals surface area contributed by atoms with Gasteiger partial charge in [-0.1, -0.05) is 103 Å². The van der Waals surface area contributed by atoms with Crippen molar-refractivity contribution in [2.75, 3.05) is 19.8 Å². The Balaban J connectivity index is 1.95. The Bertz CT molecular complexity index is 730. The Kier molecular flexibility index (Phi) is 19.8. The van der Waals surface area contributed by atoms with Crippen molar-refractivity contribution >= 4 is 13.8 Å². The molecule has 0 N–H and O–H groups in total. The van der Waals surface area contributed by atoms with E-state index in [0.29, 0.717) is 18.6 Å². The predicted octanol–water partition coefficient (Wildman–Crippen LogP) is 6.91. The van der Waals surface area contributed by atoms with E-state index in [1.54, 1.807) is 36.0 Å². The van der Waals surface area contributed by atoms with Crippen molar-refractivity contribution in [1.29, 1.82) is 0 Å². The zero-order valence-electron chi connectivity index (χ0n) is 22.8. The molecule has 0 amide bonds. The van der Waals surface area contributed by atoms with Crippen molar-refractivity contribution in [1.82, 2.24) is 0 Å². The van der Waals surface area contributed by atoms with Crippen molar-refractivity contribution in [3.05, 3.63) is 30.1 Å². The van der Waals surface area contributed by atoms with Crippen LogP contribution in [0.15, 0.2) is 24.5 Å². The van der Waals surface area contributed by atoms with Crippen LogP contribution in [-0.2, 0) is 24.9 Å². The number of hydrogen-bond acceptors (Lipinski definition) is 6. The van der Waals surface area contributed by atoms with Gasteiger partial charge in [0.1, 0.15) is 12.2 Å². The average Bonchev–Trinajstić information content (AvgIpc) is 2.86. The first-order valence-electron chi connectivity index (χ1n) is 14.2. The van der Waals surface area contributed by atoms with Crippen molar-refractivity contribution in [2.45, 2.75) is 123 Å². The minimum Gasteiger partial charge on any atom is -0.756 e. The summed E-state index contributed by atoms with van der Waals surface area (Å²) < 4.78 is 28.5. The maximum absolute atomic E-state index is 11.9. The van der Waals surface area contributed by atoms with E-state index in [0.717, 1.165) is 12.8 Å². The Morgan fingerprint density at radius 3 is 1.83 bits per heavy atom. The first-order valence-corrected chi connectivity index (χ1v) is 15.7. The third-order valence-electron chi connectivity index (χ3n) is 6.22.